The average molecular weight is 575 g/mol. The van der Waals surface area contributed by atoms with Crippen molar-refractivity contribution >= 4 is 45.2 Å². The number of anilines is 1. The molecule has 190 valence electrons. The number of fused-ring (bicyclic) bond motifs is 1. The number of halogens is 1. The number of aromatic nitrogens is 3. The lowest BCUT2D eigenvalue weighted by Crippen LogP contribution is -2.33. The summed E-state index contributed by atoms with van der Waals surface area (Å²) in [5.41, 5.74) is 3.25. The smallest absolute Gasteiger partial charge is 0.252 e. The molecule has 9 nitrogen and oxygen atoms in total. The van der Waals surface area contributed by atoms with E-state index in [1.807, 2.05) is 51.4 Å². The van der Waals surface area contributed by atoms with Crippen molar-refractivity contribution in [1.82, 2.24) is 20.1 Å². The minimum Gasteiger partial charge on any atom is -0.454 e. The normalized spacial score (nSPS) is 13.1. The van der Waals surface area contributed by atoms with E-state index in [-0.39, 0.29) is 36.3 Å². The summed E-state index contributed by atoms with van der Waals surface area (Å²) < 4.78 is 13.5. The summed E-state index contributed by atoms with van der Waals surface area (Å²) in [5.74, 6) is 1.64. The minimum absolute atomic E-state index is 0.0513. The van der Waals surface area contributed by atoms with Crippen LogP contribution in [-0.4, -0.2) is 39.1 Å². The van der Waals surface area contributed by atoms with Crippen LogP contribution in [0.25, 0.3) is 0 Å². The van der Waals surface area contributed by atoms with E-state index in [1.54, 1.807) is 18.2 Å². The molecule has 1 aliphatic rings. The lowest BCUT2D eigenvalue weighted by atomic mass is 10.0. The number of thioether (sulfide) groups is 1. The largest absolute Gasteiger partial charge is 0.454 e. The van der Waals surface area contributed by atoms with Crippen LogP contribution in [0.4, 0.5) is 5.69 Å². The molecule has 0 radical (unpaired) electrons. The van der Waals surface area contributed by atoms with E-state index in [2.05, 4.69) is 36.8 Å². The van der Waals surface area contributed by atoms with Crippen LogP contribution in [0.15, 0.2) is 40.0 Å². The lowest BCUT2D eigenvalue weighted by Gasteiger charge is -2.21. The van der Waals surface area contributed by atoms with Gasteiger partial charge in [-0.3, -0.25) is 9.59 Å². The fourth-order valence-electron chi connectivity index (χ4n) is 3.93. The van der Waals surface area contributed by atoms with E-state index in [0.29, 0.717) is 28.0 Å². The minimum atomic E-state index is -0.378. The first-order valence-electron chi connectivity index (χ1n) is 11.4. The highest BCUT2D eigenvalue weighted by Crippen LogP contribution is 2.33. The third-order valence-corrected chi connectivity index (χ3v) is 7.31. The molecule has 1 atom stereocenters. The fraction of sp³-hybridized carbons (Fsp3) is 0.360. The number of benzene rings is 2. The van der Waals surface area contributed by atoms with Crippen molar-refractivity contribution in [3.8, 4) is 11.5 Å². The van der Waals surface area contributed by atoms with Crippen LogP contribution in [0.2, 0.25) is 0 Å². The molecular weight excluding hydrogens is 546 g/mol. The number of nitrogens with one attached hydrogen (secondary N) is 2. The van der Waals surface area contributed by atoms with E-state index in [4.69, 9.17) is 9.47 Å². The van der Waals surface area contributed by atoms with Gasteiger partial charge in [-0.25, -0.2) is 0 Å². The molecule has 0 fully saturated rings. The number of ether oxygens (including phenoxy) is 2. The standard InChI is InChI=1S/C25H28BrN5O4S/c1-13(2)21(28-24(33)16-6-7-18-19(10-16)35-12-34-18)23-29-30-25(31(23)5)36-11-20(32)27-22-14(3)8-17(26)9-15(22)4/h6-10,13,21H,11-12H2,1-5H3,(H,27,32)(H,28,33). The molecular formula is C25H28BrN5O4S. The molecule has 3 aromatic rings. The van der Waals surface area contributed by atoms with Crippen molar-refractivity contribution < 1.29 is 19.1 Å². The molecule has 11 heteroatoms. The van der Waals surface area contributed by atoms with Gasteiger partial charge in [0.1, 0.15) is 0 Å². The van der Waals surface area contributed by atoms with Gasteiger partial charge in [0.15, 0.2) is 22.5 Å². The Morgan fingerprint density at radius 3 is 2.50 bits per heavy atom. The fourth-order valence-corrected chi connectivity index (χ4v) is 5.33. The number of hydrogen-bond donors (Lipinski definition) is 2. The van der Waals surface area contributed by atoms with Crippen molar-refractivity contribution in [2.45, 2.75) is 38.9 Å². The molecule has 0 saturated carbocycles. The van der Waals surface area contributed by atoms with Gasteiger partial charge in [-0.2, -0.15) is 0 Å². The van der Waals surface area contributed by atoms with Gasteiger partial charge in [-0.1, -0.05) is 41.5 Å². The third-order valence-electron chi connectivity index (χ3n) is 5.83. The predicted octanol–water partition coefficient (Wildman–Crippen LogP) is 4.78. The van der Waals surface area contributed by atoms with Crippen molar-refractivity contribution in [1.29, 1.82) is 0 Å². The zero-order valence-electron chi connectivity index (χ0n) is 20.7. The number of carbonyl (C=O) groups is 2. The Morgan fingerprint density at radius 2 is 1.81 bits per heavy atom. The van der Waals surface area contributed by atoms with Gasteiger partial charge in [-0.05, 0) is 61.2 Å². The molecule has 36 heavy (non-hydrogen) atoms. The molecule has 0 saturated heterocycles. The second-order valence-corrected chi connectivity index (χ2v) is 10.8. The molecule has 4 rings (SSSR count). The number of nitrogens with zero attached hydrogens (tertiary/aromatic N) is 3. The first kappa shape index (κ1) is 26.0. The lowest BCUT2D eigenvalue weighted by molar-refractivity contribution is -0.113. The summed E-state index contributed by atoms with van der Waals surface area (Å²) in [6, 6.07) is 8.65. The summed E-state index contributed by atoms with van der Waals surface area (Å²) >= 11 is 4.77. The Bertz CT molecular complexity index is 1290. The zero-order chi connectivity index (χ0) is 26.0. The van der Waals surface area contributed by atoms with Crippen LogP contribution >= 0.6 is 27.7 Å². The Hall–Kier alpha value is -3.05. The topological polar surface area (TPSA) is 107 Å². The summed E-state index contributed by atoms with van der Waals surface area (Å²) in [7, 11) is 1.83. The third kappa shape index (κ3) is 5.67. The molecule has 2 N–H and O–H groups in total. The van der Waals surface area contributed by atoms with Gasteiger partial charge in [-0.15, -0.1) is 10.2 Å². The van der Waals surface area contributed by atoms with Gasteiger partial charge in [0.2, 0.25) is 12.7 Å². The van der Waals surface area contributed by atoms with Crippen LogP contribution in [-0.2, 0) is 11.8 Å². The first-order valence-corrected chi connectivity index (χ1v) is 13.2. The first-order chi connectivity index (χ1) is 17.1. The SMILES string of the molecule is Cc1cc(Br)cc(C)c1NC(=O)CSc1nnc(C(NC(=O)c2ccc3c(c2)OCO3)C(C)C)n1C. The molecule has 0 spiro atoms. The van der Waals surface area contributed by atoms with Gasteiger partial charge in [0.05, 0.1) is 11.8 Å². The monoisotopic (exact) mass is 573 g/mol. The molecule has 0 aliphatic carbocycles. The van der Waals surface area contributed by atoms with E-state index in [9.17, 15) is 9.59 Å². The van der Waals surface area contributed by atoms with Crippen LogP contribution in [0.5, 0.6) is 11.5 Å². The Balaban J connectivity index is 1.42. The second-order valence-electron chi connectivity index (χ2n) is 8.91. The molecule has 0 bridgehead atoms. The molecule has 2 amide bonds. The number of rotatable bonds is 8. The maximum Gasteiger partial charge on any atom is 0.252 e. The van der Waals surface area contributed by atoms with Gasteiger partial charge in [0.25, 0.3) is 5.91 Å². The van der Waals surface area contributed by atoms with E-state index in [0.717, 1.165) is 21.3 Å². The predicted molar refractivity (Wildman–Crippen MR) is 142 cm³/mol. The highest BCUT2D eigenvalue weighted by molar-refractivity contribution is 9.10. The molecule has 2 aromatic carbocycles. The highest BCUT2D eigenvalue weighted by Gasteiger charge is 2.26. The Labute approximate surface area is 222 Å². The van der Waals surface area contributed by atoms with Gasteiger partial charge >= 0.3 is 0 Å². The molecule has 2 heterocycles. The second kappa shape index (κ2) is 10.9. The van der Waals surface area contributed by atoms with Crippen molar-refractivity contribution in [2.75, 3.05) is 17.9 Å². The summed E-state index contributed by atoms with van der Waals surface area (Å²) in [6.07, 6.45) is 0. The summed E-state index contributed by atoms with van der Waals surface area (Å²) in [6.45, 7) is 8.07. The number of aryl methyl sites for hydroxylation is 2. The van der Waals surface area contributed by atoms with E-state index < -0.39 is 0 Å². The van der Waals surface area contributed by atoms with Crippen molar-refractivity contribution in [3.63, 3.8) is 0 Å². The highest BCUT2D eigenvalue weighted by atomic mass is 79.9. The number of hydrogen-bond acceptors (Lipinski definition) is 7. The van der Waals surface area contributed by atoms with E-state index >= 15 is 0 Å². The number of carbonyl (C=O) groups excluding carboxylic acids is 2. The van der Waals surface area contributed by atoms with Crippen molar-refractivity contribution in [2.24, 2.45) is 13.0 Å². The number of amides is 2. The summed E-state index contributed by atoms with van der Waals surface area (Å²) in [4.78, 5) is 25.6. The maximum atomic E-state index is 13.0. The Kier molecular flexibility index (Phi) is 7.89. The molecule has 1 aromatic heterocycles. The molecule has 1 aliphatic heterocycles. The van der Waals surface area contributed by atoms with Crippen LogP contribution in [0.3, 0.4) is 0 Å². The van der Waals surface area contributed by atoms with E-state index in [1.165, 1.54) is 11.8 Å². The van der Waals surface area contributed by atoms with Crippen LogP contribution in [0.1, 0.15) is 47.2 Å². The molecule has 1 unspecified atom stereocenters. The van der Waals surface area contributed by atoms with Crippen LogP contribution in [0, 0.1) is 19.8 Å². The van der Waals surface area contributed by atoms with Crippen LogP contribution < -0.4 is 20.1 Å². The maximum absolute atomic E-state index is 13.0. The van der Waals surface area contributed by atoms with Gasteiger partial charge in [0, 0.05) is 22.8 Å². The summed E-state index contributed by atoms with van der Waals surface area (Å²) in [5, 5.41) is 15.3. The Morgan fingerprint density at radius 1 is 1.11 bits per heavy atom. The van der Waals surface area contributed by atoms with Gasteiger partial charge < -0.3 is 24.7 Å². The quantitative estimate of drug-likeness (QED) is 0.373. The zero-order valence-corrected chi connectivity index (χ0v) is 23.1. The van der Waals surface area contributed by atoms with Crippen molar-refractivity contribution in [3.05, 3.63) is 57.3 Å². The average Bonchev–Trinajstić information content (AvgIpc) is 3.44.